The zero-order chi connectivity index (χ0) is 15.8. The number of nitrogens with one attached hydrogen (secondary N) is 1. The first-order valence-electron chi connectivity index (χ1n) is 7.89. The van der Waals surface area contributed by atoms with Gasteiger partial charge in [-0.05, 0) is 37.7 Å². The van der Waals surface area contributed by atoms with Crippen LogP contribution in [0.15, 0.2) is 29.3 Å². The number of rotatable bonds is 6. The van der Waals surface area contributed by atoms with Gasteiger partial charge in [0.05, 0.1) is 4.92 Å². The SMILES string of the molecule is CN=C(NCCCCc1ccc([N+](=O)[O-])cc1)N1CCCC1.I. The fourth-order valence-corrected chi connectivity index (χ4v) is 2.70. The molecule has 0 radical (unpaired) electrons. The van der Waals surface area contributed by atoms with E-state index >= 15 is 0 Å². The summed E-state index contributed by atoms with van der Waals surface area (Å²) in [5.41, 5.74) is 1.30. The number of hydrogen-bond acceptors (Lipinski definition) is 3. The zero-order valence-corrected chi connectivity index (χ0v) is 15.9. The number of hydrogen-bond donors (Lipinski definition) is 1. The number of likely N-dealkylation sites (tertiary alicyclic amines) is 1. The van der Waals surface area contributed by atoms with Crippen molar-refractivity contribution >= 4 is 35.6 Å². The van der Waals surface area contributed by atoms with Crippen molar-refractivity contribution in [2.45, 2.75) is 32.1 Å². The summed E-state index contributed by atoms with van der Waals surface area (Å²) in [6.45, 7) is 3.11. The molecule has 1 aromatic rings. The number of non-ortho nitro benzene ring substituents is 1. The molecule has 7 heteroatoms. The number of nitro groups is 1. The van der Waals surface area contributed by atoms with Crippen LogP contribution < -0.4 is 5.32 Å². The molecule has 128 valence electrons. The standard InChI is InChI=1S/C16H24N4O2.HI/c1-17-16(19-12-4-5-13-19)18-11-3-2-6-14-7-9-15(10-8-14)20(21)22;/h7-10H,2-6,11-13H2,1H3,(H,17,18);1H. The monoisotopic (exact) mass is 432 g/mol. The number of aryl methyl sites for hydroxylation is 1. The Morgan fingerprint density at radius 3 is 2.48 bits per heavy atom. The topological polar surface area (TPSA) is 70.8 Å². The number of nitrogens with zero attached hydrogens (tertiary/aromatic N) is 3. The van der Waals surface area contributed by atoms with E-state index in [4.69, 9.17) is 0 Å². The molecule has 0 amide bonds. The highest BCUT2D eigenvalue weighted by Gasteiger charge is 2.14. The Balaban J connectivity index is 0.00000264. The fourth-order valence-electron chi connectivity index (χ4n) is 2.70. The highest BCUT2D eigenvalue weighted by atomic mass is 127. The highest BCUT2D eigenvalue weighted by Crippen LogP contribution is 2.13. The van der Waals surface area contributed by atoms with E-state index in [0.29, 0.717) is 0 Å². The molecule has 1 fully saturated rings. The number of unbranched alkanes of at least 4 members (excludes halogenated alkanes) is 1. The molecule has 0 saturated carbocycles. The van der Waals surface area contributed by atoms with Crippen molar-refractivity contribution in [3.8, 4) is 0 Å². The Kier molecular flexibility index (Phi) is 8.90. The van der Waals surface area contributed by atoms with Crippen LogP contribution in [0, 0.1) is 10.1 Å². The van der Waals surface area contributed by atoms with Crippen molar-refractivity contribution in [2.24, 2.45) is 4.99 Å². The largest absolute Gasteiger partial charge is 0.356 e. The molecule has 0 aliphatic carbocycles. The summed E-state index contributed by atoms with van der Waals surface area (Å²) in [4.78, 5) is 16.9. The molecule has 1 aromatic carbocycles. The number of nitro benzene ring substituents is 1. The van der Waals surface area contributed by atoms with Crippen LogP contribution >= 0.6 is 24.0 Å². The second-order valence-corrected chi connectivity index (χ2v) is 5.55. The van der Waals surface area contributed by atoms with Crippen LogP contribution in [0.1, 0.15) is 31.2 Å². The van der Waals surface area contributed by atoms with Crippen LogP contribution in [0.3, 0.4) is 0 Å². The van der Waals surface area contributed by atoms with Gasteiger partial charge in [0, 0.05) is 38.8 Å². The van der Waals surface area contributed by atoms with Crippen LogP contribution in [0.4, 0.5) is 5.69 Å². The second-order valence-electron chi connectivity index (χ2n) is 5.55. The molecule has 1 aliphatic heterocycles. The molecule has 2 rings (SSSR count). The quantitative estimate of drug-likeness (QED) is 0.187. The Labute approximate surface area is 154 Å². The third-order valence-electron chi connectivity index (χ3n) is 3.94. The molecule has 6 nitrogen and oxygen atoms in total. The zero-order valence-electron chi connectivity index (χ0n) is 13.5. The second kappa shape index (κ2) is 10.4. The van der Waals surface area contributed by atoms with Gasteiger partial charge >= 0.3 is 0 Å². The van der Waals surface area contributed by atoms with Crippen LogP contribution in [-0.2, 0) is 6.42 Å². The van der Waals surface area contributed by atoms with Crippen molar-refractivity contribution in [1.82, 2.24) is 10.2 Å². The number of aliphatic imine (C=N–C) groups is 1. The van der Waals surface area contributed by atoms with E-state index < -0.39 is 0 Å². The lowest BCUT2D eigenvalue weighted by atomic mass is 10.1. The first-order chi connectivity index (χ1) is 10.7. The van der Waals surface area contributed by atoms with E-state index in [1.165, 1.54) is 12.8 Å². The van der Waals surface area contributed by atoms with Crippen LogP contribution in [0.25, 0.3) is 0 Å². The maximum atomic E-state index is 10.6. The lowest BCUT2D eigenvalue weighted by molar-refractivity contribution is -0.384. The van der Waals surface area contributed by atoms with Gasteiger partial charge in [0.2, 0.25) is 0 Å². The minimum Gasteiger partial charge on any atom is -0.356 e. The van der Waals surface area contributed by atoms with E-state index in [0.717, 1.165) is 50.4 Å². The number of halogens is 1. The summed E-state index contributed by atoms with van der Waals surface area (Å²) < 4.78 is 0. The molecule has 1 saturated heterocycles. The molecule has 1 N–H and O–H groups in total. The van der Waals surface area contributed by atoms with Gasteiger partial charge in [-0.2, -0.15) is 0 Å². The highest BCUT2D eigenvalue weighted by molar-refractivity contribution is 14.0. The van der Waals surface area contributed by atoms with Gasteiger partial charge in [0.25, 0.3) is 5.69 Å². The lowest BCUT2D eigenvalue weighted by Gasteiger charge is -2.20. The van der Waals surface area contributed by atoms with E-state index in [1.807, 2.05) is 19.2 Å². The average molecular weight is 432 g/mol. The maximum absolute atomic E-state index is 10.6. The van der Waals surface area contributed by atoms with Crippen molar-refractivity contribution in [3.63, 3.8) is 0 Å². The number of benzene rings is 1. The van der Waals surface area contributed by atoms with Crippen molar-refractivity contribution < 1.29 is 4.92 Å². The summed E-state index contributed by atoms with van der Waals surface area (Å²) in [6, 6.07) is 6.83. The molecule has 0 unspecified atom stereocenters. The van der Waals surface area contributed by atoms with Gasteiger partial charge in [-0.15, -0.1) is 24.0 Å². The molecule has 23 heavy (non-hydrogen) atoms. The number of guanidine groups is 1. The van der Waals surface area contributed by atoms with E-state index in [-0.39, 0.29) is 34.6 Å². The molecular formula is C16H25IN4O2. The van der Waals surface area contributed by atoms with Gasteiger partial charge < -0.3 is 10.2 Å². The van der Waals surface area contributed by atoms with Crippen LogP contribution in [-0.4, -0.2) is 42.5 Å². The van der Waals surface area contributed by atoms with Crippen molar-refractivity contribution in [3.05, 3.63) is 39.9 Å². The molecular weight excluding hydrogens is 407 g/mol. The minimum absolute atomic E-state index is 0. The Bertz CT molecular complexity index is 513. The van der Waals surface area contributed by atoms with Gasteiger partial charge in [-0.1, -0.05) is 12.1 Å². The van der Waals surface area contributed by atoms with Gasteiger partial charge in [-0.25, -0.2) is 0 Å². The first kappa shape index (κ1) is 19.7. The third-order valence-corrected chi connectivity index (χ3v) is 3.94. The summed E-state index contributed by atoms with van der Waals surface area (Å²) >= 11 is 0. The Morgan fingerprint density at radius 1 is 1.26 bits per heavy atom. The smallest absolute Gasteiger partial charge is 0.269 e. The summed E-state index contributed by atoms with van der Waals surface area (Å²) in [7, 11) is 1.83. The molecule has 0 spiro atoms. The predicted octanol–water partition coefficient (Wildman–Crippen LogP) is 3.21. The Morgan fingerprint density at radius 2 is 1.91 bits per heavy atom. The fraction of sp³-hybridized carbons (Fsp3) is 0.562. The molecule has 0 bridgehead atoms. The van der Waals surface area contributed by atoms with E-state index in [1.54, 1.807) is 12.1 Å². The van der Waals surface area contributed by atoms with Crippen molar-refractivity contribution in [2.75, 3.05) is 26.7 Å². The average Bonchev–Trinajstić information content (AvgIpc) is 3.05. The minimum atomic E-state index is -0.363. The molecule has 0 atom stereocenters. The van der Waals surface area contributed by atoms with Crippen LogP contribution in [0.5, 0.6) is 0 Å². The summed E-state index contributed by atoms with van der Waals surface area (Å²) in [5, 5.41) is 14.0. The van der Waals surface area contributed by atoms with E-state index in [2.05, 4.69) is 15.2 Å². The maximum Gasteiger partial charge on any atom is 0.269 e. The molecule has 1 heterocycles. The van der Waals surface area contributed by atoms with Crippen molar-refractivity contribution in [1.29, 1.82) is 0 Å². The van der Waals surface area contributed by atoms with E-state index in [9.17, 15) is 10.1 Å². The summed E-state index contributed by atoms with van der Waals surface area (Å²) in [5.74, 6) is 1.01. The normalized spacial score (nSPS) is 14.5. The van der Waals surface area contributed by atoms with Gasteiger partial charge in [0.1, 0.15) is 0 Å². The summed E-state index contributed by atoms with van der Waals surface area (Å²) in [6.07, 6.45) is 5.56. The molecule has 0 aromatic heterocycles. The Hall–Kier alpha value is -1.38. The van der Waals surface area contributed by atoms with Crippen LogP contribution in [0.2, 0.25) is 0 Å². The first-order valence-corrected chi connectivity index (χ1v) is 7.89. The molecule has 1 aliphatic rings. The van der Waals surface area contributed by atoms with Gasteiger partial charge in [0.15, 0.2) is 5.96 Å². The predicted molar refractivity (Wildman–Crippen MR) is 104 cm³/mol. The van der Waals surface area contributed by atoms with Gasteiger partial charge in [-0.3, -0.25) is 15.1 Å². The lowest BCUT2D eigenvalue weighted by Crippen LogP contribution is -2.39. The third kappa shape index (κ3) is 6.32.